The number of hydrogen-bond donors (Lipinski definition) is 0. The SMILES string of the molecule is C=CC[C@@H](OC(=O)c1ccccc1)[C@H]1O[C@@H](OC(C)=O)[C@H](OC(=O)c2ccccc2)[C@@H]1OC(=O)c1ccccc1. The van der Waals surface area contributed by atoms with Crippen molar-refractivity contribution in [2.24, 2.45) is 0 Å². The number of carbonyl (C=O) groups excluding carboxylic acids is 4. The molecule has 0 aromatic heterocycles. The van der Waals surface area contributed by atoms with E-state index in [9.17, 15) is 19.2 Å². The minimum atomic E-state index is -1.45. The van der Waals surface area contributed by atoms with E-state index in [0.717, 1.165) is 6.92 Å². The molecule has 0 saturated carbocycles. The van der Waals surface area contributed by atoms with Gasteiger partial charge in [-0.2, -0.15) is 0 Å². The van der Waals surface area contributed by atoms with E-state index in [0.29, 0.717) is 0 Å². The first kappa shape index (κ1) is 28.3. The molecule has 0 amide bonds. The van der Waals surface area contributed by atoms with E-state index in [4.69, 9.17) is 23.7 Å². The molecule has 0 radical (unpaired) electrons. The van der Waals surface area contributed by atoms with E-state index in [1.165, 1.54) is 6.08 Å². The van der Waals surface area contributed by atoms with E-state index in [1.807, 2.05) is 0 Å². The van der Waals surface area contributed by atoms with Gasteiger partial charge < -0.3 is 23.7 Å². The van der Waals surface area contributed by atoms with Gasteiger partial charge in [-0.25, -0.2) is 14.4 Å². The molecule has 9 heteroatoms. The van der Waals surface area contributed by atoms with Crippen LogP contribution in [0.2, 0.25) is 0 Å². The molecule has 206 valence electrons. The number of carbonyl (C=O) groups is 4. The maximum Gasteiger partial charge on any atom is 0.338 e. The second kappa shape index (κ2) is 13.3. The van der Waals surface area contributed by atoms with Crippen molar-refractivity contribution in [1.29, 1.82) is 0 Å². The Morgan fingerprint density at radius 2 is 1.18 bits per heavy atom. The van der Waals surface area contributed by atoms with Crippen molar-refractivity contribution in [3.8, 4) is 0 Å². The lowest BCUT2D eigenvalue weighted by Gasteiger charge is -2.28. The summed E-state index contributed by atoms with van der Waals surface area (Å²) in [6.07, 6.45) is -4.78. The third-order valence-corrected chi connectivity index (χ3v) is 6.03. The molecule has 1 aliphatic rings. The van der Waals surface area contributed by atoms with Crippen LogP contribution in [0.15, 0.2) is 104 Å². The van der Waals surface area contributed by atoms with Crippen molar-refractivity contribution in [1.82, 2.24) is 0 Å². The van der Waals surface area contributed by atoms with Gasteiger partial charge in [-0.15, -0.1) is 6.58 Å². The molecular formula is C31H28O9. The second-order valence-corrected chi connectivity index (χ2v) is 8.88. The Labute approximate surface area is 231 Å². The fourth-order valence-corrected chi connectivity index (χ4v) is 4.19. The van der Waals surface area contributed by atoms with Gasteiger partial charge in [0.25, 0.3) is 0 Å². The number of benzene rings is 3. The number of rotatable bonds is 10. The summed E-state index contributed by atoms with van der Waals surface area (Å²) in [5, 5.41) is 0. The third-order valence-electron chi connectivity index (χ3n) is 6.03. The van der Waals surface area contributed by atoms with Crippen molar-refractivity contribution in [3.63, 3.8) is 0 Å². The summed E-state index contributed by atoms with van der Waals surface area (Å²) in [6.45, 7) is 4.90. The number of esters is 4. The predicted octanol–water partition coefficient (Wildman–Crippen LogP) is 4.53. The van der Waals surface area contributed by atoms with Crippen molar-refractivity contribution >= 4 is 23.9 Å². The molecule has 0 N–H and O–H groups in total. The minimum absolute atomic E-state index is 0.0920. The van der Waals surface area contributed by atoms with Gasteiger partial charge in [0.05, 0.1) is 16.7 Å². The first-order chi connectivity index (χ1) is 19.4. The summed E-state index contributed by atoms with van der Waals surface area (Å²) in [5.74, 6) is -2.87. The average molecular weight is 545 g/mol. The zero-order valence-electron chi connectivity index (χ0n) is 21.7. The van der Waals surface area contributed by atoms with Crippen LogP contribution in [-0.2, 0) is 28.5 Å². The monoisotopic (exact) mass is 544 g/mol. The maximum atomic E-state index is 13.1. The minimum Gasteiger partial charge on any atom is -0.456 e. The van der Waals surface area contributed by atoms with Crippen LogP contribution in [0.3, 0.4) is 0 Å². The normalized spacial score (nSPS) is 20.5. The summed E-state index contributed by atoms with van der Waals surface area (Å²) >= 11 is 0. The van der Waals surface area contributed by atoms with Crippen molar-refractivity contribution in [2.45, 2.75) is 44.1 Å². The zero-order valence-corrected chi connectivity index (χ0v) is 21.7. The first-order valence-electron chi connectivity index (χ1n) is 12.6. The van der Waals surface area contributed by atoms with E-state index in [1.54, 1.807) is 91.0 Å². The lowest BCUT2D eigenvalue weighted by Crippen LogP contribution is -2.45. The molecule has 4 rings (SSSR count). The zero-order chi connectivity index (χ0) is 28.5. The second-order valence-electron chi connectivity index (χ2n) is 8.88. The van der Waals surface area contributed by atoms with Crippen molar-refractivity contribution in [3.05, 3.63) is 120 Å². The highest BCUT2D eigenvalue weighted by molar-refractivity contribution is 5.91. The Bertz CT molecular complexity index is 1320. The van der Waals surface area contributed by atoms with Gasteiger partial charge >= 0.3 is 23.9 Å². The van der Waals surface area contributed by atoms with Crippen LogP contribution >= 0.6 is 0 Å². The molecule has 9 nitrogen and oxygen atoms in total. The number of ether oxygens (including phenoxy) is 5. The molecule has 0 unspecified atom stereocenters. The van der Waals surface area contributed by atoms with Gasteiger partial charge in [-0.1, -0.05) is 60.7 Å². The van der Waals surface area contributed by atoms with Crippen molar-refractivity contribution < 1.29 is 42.9 Å². The summed E-state index contributed by atoms with van der Waals surface area (Å²) in [6, 6.07) is 24.6. The highest BCUT2D eigenvalue weighted by Crippen LogP contribution is 2.33. The fourth-order valence-electron chi connectivity index (χ4n) is 4.19. The Kier molecular flexibility index (Phi) is 9.43. The Hall–Kier alpha value is -4.76. The van der Waals surface area contributed by atoms with Crippen LogP contribution in [0.4, 0.5) is 0 Å². The molecule has 3 aromatic carbocycles. The summed E-state index contributed by atoms with van der Waals surface area (Å²) in [7, 11) is 0. The standard InChI is InChI=1S/C31H28O9/c1-3-13-24(37-28(33)21-14-7-4-8-15-21)25-26(38-29(34)22-16-9-5-10-17-22)27(31(40-25)36-20(2)32)39-30(35)23-18-11-6-12-19-23/h3-12,14-19,24-27,31H,1,13H2,2H3/t24-,25-,26-,27-,31-/m1/s1. The molecule has 40 heavy (non-hydrogen) atoms. The van der Waals surface area contributed by atoms with Gasteiger partial charge in [0.2, 0.25) is 12.4 Å². The first-order valence-corrected chi connectivity index (χ1v) is 12.6. The van der Waals surface area contributed by atoms with Gasteiger partial charge in [0.1, 0.15) is 12.2 Å². The van der Waals surface area contributed by atoms with Crippen LogP contribution in [0.25, 0.3) is 0 Å². The van der Waals surface area contributed by atoms with Crippen LogP contribution in [-0.4, -0.2) is 54.6 Å². The van der Waals surface area contributed by atoms with Crippen molar-refractivity contribution in [2.75, 3.05) is 0 Å². The maximum absolute atomic E-state index is 13.1. The van der Waals surface area contributed by atoms with E-state index < -0.39 is 54.6 Å². The van der Waals surface area contributed by atoms with E-state index in [-0.39, 0.29) is 23.1 Å². The Balaban J connectivity index is 1.69. The van der Waals surface area contributed by atoms with Gasteiger partial charge in [-0.3, -0.25) is 4.79 Å². The van der Waals surface area contributed by atoms with E-state index in [2.05, 4.69) is 6.58 Å². The smallest absolute Gasteiger partial charge is 0.338 e. The molecule has 1 saturated heterocycles. The third kappa shape index (κ3) is 7.00. The molecule has 0 aliphatic carbocycles. The predicted molar refractivity (Wildman–Crippen MR) is 142 cm³/mol. The molecule has 0 bridgehead atoms. The summed E-state index contributed by atoms with van der Waals surface area (Å²) in [5.41, 5.74) is 0.738. The lowest BCUT2D eigenvalue weighted by molar-refractivity contribution is -0.191. The highest BCUT2D eigenvalue weighted by Gasteiger charge is 2.55. The Morgan fingerprint density at radius 3 is 1.62 bits per heavy atom. The molecular weight excluding hydrogens is 516 g/mol. The van der Waals surface area contributed by atoms with Gasteiger partial charge in [-0.05, 0) is 36.4 Å². The van der Waals surface area contributed by atoms with Gasteiger partial charge in [0.15, 0.2) is 6.10 Å². The quantitative estimate of drug-likeness (QED) is 0.206. The van der Waals surface area contributed by atoms with Crippen LogP contribution in [0.1, 0.15) is 44.4 Å². The number of hydrogen-bond acceptors (Lipinski definition) is 9. The van der Waals surface area contributed by atoms with Crippen LogP contribution < -0.4 is 0 Å². The summed E-state index contributed by atoms with van der Waals surface area (Å²) in [4.78, 5) is 51.1. The topological polar surface area (TPSA) is 114 Å². The van der Waals surface area contributed by atoms with E-state index >= 15 is 0 Å². The molecule has 3 aromatic rings. The average Bonchev–Trinajstić information content (AvgIpc) is 3.29. The molecule has 5 atom stereocenters. The molecule has 1 fully saturated rings. The van der Waals surface area contributed by atoms with Crippen LogP contribution in [0, 0.1) is 0 Å². The summed E-state index contributed by atoms with van der Waals surface area (Å²) < 4.78 is 28.6. The lowest BCUT2D eigenvalue weighted by atomic mass is 10.0. The van der Waals surface area contributed by atoms with Crippen LogP contribution in [0.5, 0.6) is 0 Å². The van der Waals surface area contributed by atoms with Gasteiger partial charge in [0, 0.05) is 13.3 Å². The largest absolute Gasteiger partial charge is 0.456 e. The Morgan fingerprint density at radius 1 is 0.725 bits per heavy atom. The fraction of sp³-hybridized carbons (Fsp3) is 0.226. The molecule has 0 spiro atoms. The molecule has 1 heterocycles. The molecule has 1 aliphatic heterocycles. The highest BCUT2D eigenvalue weighted by atomic mass is 16.8.